The molecule has 6 nitrogen and oxygen atoms in total. The van der Waals surface area contributed by atoms with E-state index in [1.54, 1.807) is 36.0 Å². The highest BCUT2D eigenvalue weighted by atomic mass is 35.5. The summed E-state index contributed by atoms with van der Waals surface area (Å²) in [4.78, 5) is 12.5. The molecule has 1 N–H and O–H groups in total. The van der Waals surface area contributed by atoms with Gasteiger partial charge in [-0.1, -0.05) is 41.6 Å². The average molecular weight is 431 g/mol. The number of ether oxygens (including phenoxy) is 1. The number of nitrogens with one attached hydrogen (secondary N) is 1. The highest BCUT2D eigenvalue weighted by molar-refractivity contribution is 7.99. The fourth-order valence-electron chi connectivity index (χ4n) is 2.78. The third-order valence-corrected chi connectivity index (χ3v) is 5.41. The number of rotatable bonds is 9. The maximum Gasteiger partial charge on any atom is 0.251 e. The van der Waals surface area contributed by atoms with Crippen LogP contribution in [0.5, 0.6) is 5.75 Å². The molecule has 152 valence electrons. The maximum absolute atomic E-state index is 12.5. The number of benzene rings is 2. The lowest BCUT2D eigenvalue weighted by atomic mass is 10.2. The summed E-state index contributed by atoms with van der Waals surface area (Å²) in [5.74, 6) is 2.15. The number of hydrogen-bond acceptors (Lipinski definition) is 5. The Bertz CT molecular complexity index is 932. The number of nitrogens with zero attached hydrogens (tertiary/aromatic N) is 3. The Kier molecular flexibility index (Phi) is 7.55. The summed E-state index contributed by atoms with van der Waals surface area (Å²) in [6, 6.07) is 16.2. The second-order valence-electron chi connectivity index (χ2n) is 6.30. The number of halogens is 1. The predicted molar refractivity (Wildman–Crippen MR) is 116 cm³/mol. The van der Waals surface area contributed by atoms with E-state index in [0.717, 1.165) is 22.5 Å². The quantitative estimate of drug-likeness (QED) is 0.396. The van der Waals surface area contributed by atoms with E-state index in [4.69, 9.17) is 16.3 Å². The molecule has 0 saturated carbocycles. The fraction of sp³-hybridized carbons (Fsp3) is 0.286. The van der Waals surface area contributed by atoms with E-state index < -0.39 is 0 Å². The molecule has 3 aromatic rings. The highest BCUT2D eigenvalue weighted by Gasteiger charge is 2.19. The van der Waals surface area contributed by atoms with Gasteiger partial charge in [0.15, 0.2) is 11.0 Å². The van der Waals surface area contributed by atoms with Gasteiger partial charge in [-0.3, -0.25) is 4.79 Å². The summed E-state index contributed by atoms with van der Waals surface area (Å²) in [6.07, 6.45) is 0. The first-order valence-corrected chi connectivity index (χ1v) is 10.7. The monoisotopic (exact) mass is 430 g/mol. The molecule has 0 saturated heterocycles. The largest absolute Gasteiger partial charge is 0.493 e. The van der Waals surface area contributed by atoms with Gasteiger partial charge in [-0.2, -0.15) is 0 Å². The molecular formula is C21H23ClN4O2S. The van der Waals surface area contributed by atoms with Gasteiger partial charge >= 0.3 is 0 Å². The number of para-hydroxylation sites is 1. The number of amides is 1. The maximum atomic E-state index is 12.5. The average Bonchev–Trinajstić information content (AvgIpc) is 3.15. The minimum atomic E-state index is -0.277. The second kappa shape index (κ2) is 10.3. The Hall–Kier alpha value is -2.51. The lowest BCUT2D eigenvalue weighted by Gasteiger charge is -2.15. The summed E-state index contributed by atoms with van der Waals surface area (Å²) in [5.41, 5.74) is 0.552. The van der Waals surface area contributed by atoms with Crippen molar-refractivity contribution in [3.05, 3.63) is 71.0 Å². The molecule has 8 heteroatoms. The zero-order valence-corrected chi connectivity index (χ0v) is 17.9. The van der Waals surface area contributed by atoms with Crippen molar-refractivity contribution >= 4 is 29.3 Å². The van der Waals surface area contributed by atoms with E-state index >= 15 is 0 Å². The van der Waals surface area contributed by atoms with Gasteiger partial charge in [0.05, 0.1) is 12.6 Å². The molecule has 1 aromatic heterocycles. The van der Waals surface area contributed by atoms with Crippen molar-refractivity contribution in [1.29, 1.82) is 0 Å². The molecule has 0 fully saturated rings. The van der Waals surface area contributed by atoms with Gasteiger partial charge in [0.25, 0.3) is 5.91 Å². The van der Waals surface area contributed by atoms with Gasteiger partial charge in [0.1, 0.15) is 5.75 Å². The molecule has 0 aliphatic rings. The Morgan fingerprint density at radius 2 is 1.90 bits per heavy atom. The highest BCUT2D eigenvalue weighted by Crippen LogP contribution is 2.21. The van der Waals surface area contributed by atoms with Crippen molar-refractivity contribution in [3.63, 3.8) is 0 Å². The molecule has 0 bridgehead atoms. The molecular weight excluding hydrogens is 408 g/mol. The van der Waals surface area contributed by atoms with E-state index in [1.807, 2.05) is 48.7 Å². The van der Waals surface area contributed by atoms with Crippen molar-refractivity contribution in [3.8, 4) is 5.75 Å². The SMILES string of the molecule is CCn1c(SCCOc2ccccc2)nnc1[C@@H](C)NC(=O)c1ccc(Cl)cc1. The van der Waals surface area contributed by atoms with Gasteiger partial charge in [0, 0.05) is 22.9 Å². The Labute approximate surface area is 179 Å². The third-order valence-electron chi connectivity index (χ3n) is 4.23. The number of carbonyl (C=O) groups is 1. The summed E-state index contributed by atoms with van der Waals surface area (Å²) in [7, 11) is 0. The van der Waals surface area contributed by atoms with Crippen LogP contribution >= 0.6 is 23.4 Å². The van der Waals surface area contributed by atoms with Gasteiger partial charge in [-0.25, -0.2) is 0 Å². The van der Waals surface area contributed by atoms with E-state index in [1.165, 1.54) is 0 Å². The minimum Gasteiger partial charge on any atom is -0.493 e. The Morgan fingerprint density at radius 1 is 1.17 bits per heavy atom. The number of carbonyl (C=O) groups excluding carboxylic acids is 1. The van der Waals surface area contributed by atoms with Crippen LogP contribution in [-0.4, -0.2) is 33.0 Å². The fourth-order valence-corrected chi connectivity index (χ4v) is 3.73. The van der Waals surface area contributed by atoms with Crippen molar-refractivity contribution in [1.82, 2.24) is 20.1 Å². The molecule has 2 aromatic carbocycles. The normalized spacial score (nSPS) is 11.8. The van der Waals surface area contributed by atoms with Crippen molar-refractivity contribution in [2.75, 3.05) is 12.4 Å². The topological polar surface area (TPSA) is 69.0 Å². The van der Waals surface area contributed by atoms with Gasteiger partial charge in [0.2, 0.25) is 0 Å². The van der Waals surface area contributed by atoms with Crippen LogP contribution in [0.15, 0.2) is 59.8 Å². The van der Waals surface area contributed by atoms with Crippen molar-refractivity contribution in [2.45, 2.75) is 31.6 Å². The molecule has 0 aliphatic carbocycles. The smallest absolute Gasteiger partial charge is 0.251 e. The molecule has 0 spiro atoms. The van der Waals surface area contributed by atoms with Crippen molar-refractivity contribution < 1.29 is 9.53 Å². The number of aromatic nitrogens is 3. The molecule has 1 heterocycles. The zero-order chi connectivity index (χ0) is 20.6. The van der Waals surface area contributed by atoms with Gasteiger partial charge in [-0.05, 0) is 50.2 Å². The van der Waals surface area contributed by atoms with Crippen LogP contribution in [0.4, 0.5) is 0 Å². The number of thioether (sulfide) groups is 1. The van der Waals surface area contributed by atoms with E-state index in [2.05, 4.69) is 15.5 Å². The molecule has 0 unspecified atom stereocenters. The van der Waals surface area contributed by atoms with Crippen molar-refractivity contribution in [2.24, 2.45) is 0 Å². The third kappa shape index (κ3) is 5.74. The van der Waals surface area contributed by atoms with E-state index in [9.17, 15) is 4.79 Å². The molecule has 0 radical (unpaired) electrons. The van der Waals surface area contributed by atoms with Crippen LogP contribution in [0, 0.1) is 0 Å². The summed E-state index contributed by atoms with van der Waals surface area (Å²) >= 11 is 7.47. The summed E-state index contributed by atoms with van der Waals surface area (Å²) in [6.45, 7) is 5.22. The lowest BCUT2D eigenvalue weighted by molar-refractivity contribution is 0.0937. The zero-order valence-electron chi connectivity index (χ0n) is 16.3. The first-order chi connectivity index (χ1) is 14.1. The molecule has 1 amide bonds. The standard InChI is InChI=1S/C21H23ClN4O2S/c1-3-26-19(15(2)23-20(27)16-9-11-17(22)12-10-16)24-25-21(26)29-14-13-28-18-7-5-4-6-8-18/h4-12,15H,3,13-14H2,1-2H3,(H,23,27)/t15-/m1/s1. The Balaban J connectivity index is 1.57. The minimum absolute atomic E-state index is 0.176. The van der Waals surface area contributed by atoms with Crippen LogP contribution in [0.3, 0.4) is 0 Å². The predicted octanol–water partition coefficient (Wildman–Crippen LogP) is 4.61. The van der Waals surface area contributed by atoms with Crippen LogP contribution < -0.4 is 10.1 Å². The number of hydrogen-bond donors (Lipinski definition) is 1. The van der Waals surface area contributed by atoms with Crippen LogP contribution in [0.2, 0.25) is 5.02 Å². The molecule has 3 rings (SSSR count). The lowest BCUT2D eigenvalue weighted by Crippen LogP contribution is -2.28. The molecule has 1 atom stereocenters. The van der Waals surface area contributed by atoms with Gasteiger partial charge in [-0.15, -0.1) is 10.2 Å². The first kappa shape index (κ1) is 21.2. The first-order valence-electron chi connectivity index (χ1n) is 9.38. The molecule has 29 heavy (non-hydrogen) atoms. The summed E-state index contributed by atoms with van der Waals surface area (Å²) in [5, 5.41) is 13.0. The van der Waals surface area contributed by atoms with Crippen LogP contribution in [0.1, 0.15) is 36.1 Å². The van der Waals surface area contributed by atoms with E-state index in [-0.39, 0.29) is 11.9 Å². The summed E-state index contributed by atoms with van der Waals surface area (Å²) < 4.78 is 7.73. The van der Waals surface area contributed by atoms with Crippen LogP contribution in [-0.2, 0) is 6.54 Å². The molecule has 0 aliphatic heterocycles. The van der Waals surface area contributed by atoms with E-state index in [0.29, 0.717) is 23.7 Å². The van der Waals surface area contributed by atoms with Gasteiger partial charge < -0.3 is 14.6 Å². The Morgan fingerprint density at radius 3 is 2.59 bits per heavy atom. The second-order valence-corrected chi connectivity index (χ2v) is 7.80. The van der Waals surface area contributed by atoms with Crippen LogP contribution in [0.25, 0.3) is 0 Å².